The lowest BCUT2D eigenvalue weighted by molar-refractivity contribution is -0.144. The highest BCUT2D eigenvalue weighted by Gasteiger charge is 2.39. The summed E-state index contributed by atoms with van der Waals surface area (Å²) in [7, 11) is 0. The molecule has 3 aromatic rings. The molecule has 2 atom stereocenters. The van der Waals surface area contributed by atoms with Gasteiger partial charge in [-0.2, -0.15) is 52.7 Å². The molecule has 0 aliphatic carbocycles. The second-order valence-corrected chi connectivity index (χ2v) is 11.5. The maximum atomic E-state index is 13.3. The van der Waals surface area contributed by atoms with E-state index in [1.165, 1.54) is 0 Å². The van der Waals surface area contributed by atoms with Crippen molar-refractivity contribution in [3.63, 3.8) is 0 Å². The molecule has 0 radical (unpaired) electrons. The number of anilines is 2. The SMILES string of the molecule is FC(F)(F)c1cc(NC(=S)NC2CN(Cc3ccccc3)CC2NC(=S)Nc2cc(C(F)(F)F)cc(C(F)(F)F)c2)cc(C(F)(F)F)c1. The fraction of sp³-hybridized carbons (Fsp3) is 0.310. The van der Waals surface area contributed by atoms with Gasteiger partial charge in [0.25, 0.3) is 0 Å². The summed E-state index contributed by atoms with van der Waals surface area (Å²) < 4.78 is 160. The van der Waals surface area contributed by atoms with Crippen molar-refractivity contribution in [1.82, 2.24) is 15.5 Å². The van der Waals surface area contributed by atoms with Crippen LogP contribution in [-0.4, -0.2) is 40.3 Å². The molecule has 1 aliphatic heterocycles. The van der Waals surface area contributed by atoms with Crippen LogP contribution in [0.2, 0.25) is 0 Å². The van der Waals surface area contributed by atoms with Crippen LogP contribution in [0.3, 0.4) is 0 Å². The van der Waals surface area contributed by atoms with Crippen molar-refractivity contribution in [2.75, 3.05) is 23.7 Å². The molecule has 2 unspecified atom stereocenters. The summed E-state index contributed by atoms with van der Waals surface area (Å²) in [4.78, 5) is 1.87. The van der Waals surface area contributed by atoms with Gasteiger partial charge in [0, 0.05) is 31.0 Å². The van der Waals surface area contributed by atoms with Crippen molar-refractivity contribution in [3.8, 4) is 0 Å². The molecule has 0 amide bonds. The quantitative estimate of drug-likeness (QED) is 0.150. The van der Waals surface area contributed by atoms with Gasteiger partial charge >= 0.3 is 24.7 Å². The molecular formula is C29H23F12N5S2. The Balaban J connectivity index is 1.54. The summed E-state index contributed by atoms with van der Waals surface area (Å²) >= 11 is 10.4. The van der Waals surface area contributed by atoms with E-state index in [1.807, 2.05) is 17.0 Å². The fourth-order valence-corrected chi connectivity index (χ4v) is 5.41. The normalized spacial score (nSPS) is 17.6. The van der Waals surface area contributed by atoms with E-state index in [-0.39, 0.29) is 35.4 Å². The molecule has 3 aromatic carbocycles. The molecule has 0 spiro atoms. The maximum absolute atomic E-state index is 13.3. The van der Waals surface area contributed by atoms with E-state index in [2.05, 4.69) is 21.3 Å². The Morgan fingerprint density at radius 3 is 1.21 bits per heavy atom. The summed E-state index contributed by atoms with van der Waals surface area (Å²) in [5.74, 6) is 0. The van der Waals surface area contributed by atoms with Crippen molar-refractivity contribution in [3.05, 3.63) is 94.5 Å². The molecule has 4 N–H and O–H groups in total. The molecule has 1 aliphatic rings. The van der Waals surface area contributed by atoms with Gasteiger partial charge in [0.15, 0.2) is 10.2 Å². The van der Waals surface area contributed by atoms with Crippen LogP contribution < -0.4 is 21.3 Å². The van der Waals surface area contributed by atoms with Crippen molar-refractivity contribution < 1.29 is 52.7 Å². The number of hydrogen-bond acceptors (Lipinski definition) is 3. The van der Waals surface area contributed by atoms with Gasteiger partial charge in [-0.1, -0.05) is 30.3 Å². The van der Waals surface area contributed by atoms with E-state index in [4.69, 9.17) is 24.4 Å². The molecule has 1 saturated heterocycles. The van der Waals surface area contributed by atoms with Gasteiger partial charge < -0.3 is 21.3 Å². The maximum Gasteiger partial charge on any atom is 0.416 e. The van der Waals surface area contributed by atoms with E-state index in [9.17, 15) is 52.7 Å². The van der Waals surface area contributed by atoms with Gasteiger partial charge in [-0.05, 0) is 66.4 Å². The monoisotopic (exact) mass is 733 g/mol. The number of likely N-dealkylation sites (tertiary alicyclic amines) is 1. The number of halogens is 12. The van der Waals surface area contributed by atoms with Crippen LogP contribution in [0.25, 0.3) is 0 Å². The predicted molar refractivity (Wildman–Crippen MR) is 161 cm³/mol. The van der Waals surface area contributed by atoms with Crippen LogP contribution in [0, 0.1) is 0 Å². The molecule has 5 nitrogen and oxygen atoms in total. The number of nitrogens with zero attached hydrogens (tertiary/aromatic N) is 1. The van der Waals surface area contributed by atoms with Crippen molar-refractivity contribution >= 4 is 46.0 Å². The zero-order chi connectivity index (χ0) is 35.7. The highest BCUT2D eigenvalue weighted by molar-refractivity contribution is 7.80. The van der Waals surface area contributed by atoms with Crippen LogP contribution in [0.1, 0.15) is 27.8 Å². The number of rotatable bonds is 6. The minimum atomic E-state index is -5.10. The Labute approximate surface area is 275 Å². The largest absolute Gasteiger partial charge is 0.416 e. The molecule has 0 aromatic heterocycles. The van der Waals surface area contributed by atoms with Crippen LogP contribution in [0.5, 0.6) is 0 Å². The number of alkyl halides is 12. The second kappa shape index (κ2) is 13.9. The van der Waals surface area contributed by atoms with E-state index in [0.717, 1.165) is 5.56 Å². The number of benzene rings is 3. The van der Waals surface area contributed by atoms with E-state index < -0.39 is 70.4 Å². The Morgan fingerprint density at radius 1 is 0.562 bits per heavy atom. The molecule has 1 heterocycles. The van der Waals surface area contributed by atoms with Crippen LogP contribution in [-0.2, 0) is 31.2 Å². The number of hydrogen-bond donors (Lipinski definition) is 4. The first-order valence-electron chi connectivity index (χ1n) is 13.6. The lowest BCUT2D eigenvalue weighted by Crippen LogP contribution is -2.52. The van der Waals surface area contributed by atoms with Gasteiger partial charge in [-0.3, -0.25) is 4.90 Å². The van der Waals surface area contributed by atoms with Crippen molar-refractivity contribution in [2.24, 2.45) is 0 Å². The molecule has 1 fully saturated rings. The Hall–Kier alpha value is -3.84. The van der Waals surface area contributed by atoms with Crippen LogP contribution in [0.4, 0.5) is 64.1 Å². The third kappa shape index (κ3) is 10.1. The first-order chi connectivity index (χ1) is 22.1. The van der Waals surface area contributed by atoms with Gasteiger partial charge in [0.05, 0.1) is 34.3 Å². The van der Waals surface area contributed by atoms with Gasteiger partial charge in [-0.25, -0.2) is 0 Å². The lowest BCUT2D eigenvalue weighted by atomic mass is 10.1. The summed E-state index contributed by atoms with van der Waals surface area (Å²) in [6.07, 6.45) is -20.4. The van der Waals surface area contributed by atoms with Gasteiger partial charge in [-0.15, -0.1) is 0 Å². The lowest BCUT2D eigenvalue weighted by Gasteiger charge is -2.25. The third-order valence-electron chi connectivity index (χ3n) is 6.97. The van der Waals surface area contributed by atoms with E-state index in [1.54, 1.807) is 18.2 Å². The molecular weight excluding hydrogens is 710 g/mol. The smallest absolute Gasteiger partial charge is 0.356 e. The third-order valence-corrected chi connectivity index (χ3v) is 7.41. The summed E-state index contributed by atoms with van der Waals surface area (Å²) in [6, 6.07) is 9.15. The topological polar surface area (TPSA) is 51.4 Å². The minimum absolute atomic E-state index is 0.0456. The Morgan fingerprint density at radius 2 is 0.896 bits per heavy atom. The Kier molecular flexibility index (Phi) is 10.7. The molecule has 260 valence electrons. The van der Waals surface area contributed by atoms with Crippen molar-refractivity contribution in [2.45, 2.75) is 43.3 Å². The number of thiocarbonyl (C=S) groups is 2. The molecule has 0 saturated carbocycles. The first kappa shape index (κ1) is 37.0. The summed E-state index contributed by atoms with van der Waals surface area (Å²) in [6.45, 7) is 0.715. The molecule has 4 rings (SSSR count). The highest BCUT2D eigenvalue weighted by Crippen LogP contribution is 2.39. The van der Waals surface area contributed by atoms with Crippen LogP contribution in [0.15, 0.2) is 66.7 Å². The van der Waals surface area contributed by atoms with Crippen LogP contribution >= 0.6 is 24.4 Å². The zero-order valence-corrected chi connectivity index (χ0v) is 25.6. The average molecular weight is 734 g/mol. The minimum Gasteiger partial charge on any atom is -0.356 e. The highest BCUT2D eigenvalue weighted by atomic mass is 32.1. The number of nitrogens with one attached hydrogen (secondary N) is 4. The molecule has 0 bridgehead atoms. The fourth-order valence-electron chi connectivity index (χ4n) is 4.87. The predicted octanol–water partition coefficient (Wildman–Crippen LogP) is 8.29. The summed E-state index contributed by atoms with van der Waals surface area (Å²) in [5.41, 5.74) is -6.64. The first-order valence-corrected chi connectivity index (χ1v) is 14.4. The average Bonchev–Trinajstić information content (AvgIpc) is 3.30. The van der Waals surface area contributed by atoms with E-state index in [0.29, 0.717) is 30.8 Å². The second-order valence-electron chi connectivity index (χ2n) is 10.7. The summed E-state index contributed by atoms with van der Waals surface area (Å²) in [5, 5.41) is 9.53. The standard InChI is InChI=1S/C29H23F12N5S2/c30-26(31,32)16-6-17(27(33,34)35)9-20(8-16)42-24(47)44-22-13-46(12-15-4-2-1-3-5-15)14-23(22)45-25(48)43-21-10-18(28(36,37)38)7-19(11-21)29(39,40)41/h1-11,22-23H,12-14H2,(H2,42,44,47)(H2,43,45,48). The van der Waals surface area contributed by atoms with E-state index >= 15 is 0 Å². The van der Waals surface area contributed by atoms with Gasteiger partial charge in [0.2, 0.25) is 0 Å². The molecule has 19 heteroatoms. The molecule has 48 heavy (non-hydrogen) atoms. The Bertz CT molecular complexity index is 1460. The van der Waals surface area contributed by atoms with Crippen molar-refractivity contribution in [1.29, 1.82) is 0 Å². The van der Waals surface area contributed by atoms with Gasteiger partial charge in [0.1, 0.15) is 0 Å². The zero-order valence-electron chi connectivity index (χ0n) is 23.9.